The van der Waals surface area contributed by atoms with Crippen molar-refractivity contribution in [2.24, 2.45) is 0 Å². The highest BCUT2D eigenvalue weighted by Gasteiger charge is 2.19. The van der Waals surface area contributed by atoms with Gasteiger partial charge in [0.25, 0.3) is 0 Å². The van der Waals surface area contributed by atoms with Gasteiger partial charge in [-0.2, -0.15) is 0 Å². The summed E-state index contributed by atoms with van der Waals surface area (Å²) in [6, 6.07) is 15.5. The number of benzene rings is 2. The summed E-state index contributed by atoms with van der Waals surface area (Å²) in [5.74, 6) is -0.00575. The van der Waals surface area contributed by atoms with Crippen LogP contribution in [-0.2, 0) is 13.0 Å². The van der Waals surface area contributed by atoms with E-state index in [9.17, 15) is 4.39 Å². The molecule has 0 unspecified atom stereocenters. The Morgan fingerprint density at radius 3 is 2.48 bits per heavy atom. The number of ether oxygens (including phenoxy) is 1. The molecule has 0 atom stereocenters. The van der Waals surface area contributed by atoms with Crippen molar-refractivity contribution >= 4 is 0 Å². The van der Waals surface area contributed by atoms with Gasteiger partial charge in [-0.3, -0.25) is 0 Å². The molecule has 0 amide bonds. The molecular formula is C18H20FNO. The standard InChI is InChI=1S/C18H20FNO/c19-17-7-3-4-8-18(17)21-13-15-6-2-1-5-14(15)11-12-20-16-9-10-16/h1-8,16,20H,9-13H2. The third kappa shape index (κ3) is 4.05. The van der Waals surface area contributed by atoms with Crippen molar-refractivity contribution in [3.63, 3.8) is 0 Å². The summed E-state index contributed by atoms with van der Waals surface area (Å²) in [5, 5.41) is 3.51. The van der Waals surface area contributed by atoms with Gasteiger partial charge in [0.15, 0.2) is 11.6 Å². The molecule has 2 nitrogen and oxygen atoms in total. The Balaban J connectivity index is 1.60. The van der Waals surface area contributed by atoms with Crippen LogP contribution in [0.1, 0.15) is 24.0 Å². The molecule has 21 heavy (non-hydrogen) atoms. The summed E-state index contributed by atoms with van der Waals surface area (Å²) in [6.07, 6.45) is 3.59. The van der Waals surface area contributed by atoms with Gasteiger partial charge in [0.05, 0.1) is 0 Å². The van der Waals surface area contributed by atoms with Gasteiger partial charge in [0, 0.05) is 6.04 Å². The Morgan fingerprint density at radius 2 is 1.71 bits per heavy atom. The maximum Gasteiger partial charge on any atom is 0.165 e. The molecule has 1 fully saturated rings. The van der Waals surface area contributed by atoms with E-state index in [0.29, 0.717) is 12.4 Å². The average Bonchev–Trinajstić information content (AvgIpc) is 3.32. The molecule has 1 N–H and O–H groups in total. The number of rotatable bonds is 7. The predicted octanol–water partition coefficient (Wildman–Crippen LogP) is 3.70. The van der Waals surface area contributed by atoms with Crippen LogP contribution < -0.4 is 10.1 Å². The molecule has 0 radical (unpaired) electrons. The fourth-order valence-corrected chi connectivity index (χ4v) is 2.36. The van der Waals surface area contributed by atoms with Crippen LogP contribution in [0.15, 0.2) is 48.5 Å². The van der Waals surface area contributed by atoms with Crippen molar-refractivity contribution in [2.45, 2.75) is 31.9 Å². The van der Waals surface area contributed by atoms with Gasteiger partial charge in [0.2, 0.25) is 0 Å². The van der Waals surface area contributed by atoms with Gasteiger partial charge in [-0.25, -0.2) is 4.39 Å². The van der Waals surface area contributed by atoms with Gasteiger partial charge in [-0.05, 0) is 49.1 Å². The number of hydrogen-bond acceptors (Lipinski definition) is 2. The summed E-state index contributed by atoms with van der Waals surface area (Å²) in [5.41, 5.74) is 2.39. The Kier molecular flexibility index (Phi) is 4.51. The van der Waals surface area contributed by atoms with Crippen molar-refractivity contribution < 1.29 is 9.13 Å². The van der Waals surface area contributed by atoms with Crippen LogP contribution in [0.5, 0.6) is 5.75 Å². The minimum absolute atomic E-state index is 0.309. The van der Waals surface area contributed by atoms with Gasteiger partial charge in [-0.1, -0.05) is 36.4 Å². The lowest BCUT2D eigenvalue weighted by Gasteiger charge is -2.12. The van der Waals surface area contributed by atoms with Gasteiger partial charge in [0.1, 0.15) is 6.61 Å². The summed E-state index contributed by atoms with van der Waals surface area (Å²) in [7, 11) is 0. The maximum absolute atomic E-state index is 13.6. The first-order valence-electron chi connectivity index (χ1n) is 7.50. The summed E-state index contributed by atoms with van der Waals surface area (Å²) in [6.45, 7) is 1.39. The van der Waals surface area contributed by atoms with Crippen molar-refractivity contribution in [3.05, 3.63) is 65.5 Å². The van der Waals surface area contributed by atoms with E-state index in [1.54, 1.807) is 18.2 Å². The SMILES string of the molecule is Fc1ccccc1OCc1ccccc1CCNC1CC1. The lowest BCUT2D eigenvalue weighted by Crippen LogP contribution is -2.19. The normalized spacial score (nSPS) is 14.1. The van der Waals surface area contributed by atoms with E-state index < -0.39 is 0 Å². The van der Waals surface area contributed by atoms with Crippen LogP contribution >= 0.6 is 0 Å². The second-order valence-corrected chi connectivity index (χ2v) is 5.47. The van der Waals surface area contributed by atoms with E-state index in [0.717, 1.165) is 24.6 Å². The number of nitrogens with one attached hydrogen (secondary N) is 1. The Morgan fingerprint density at radius 1 is 1.00 bits per heavy atom. The predicted molar refractivity (Wildman–Crippen MR) is 81.9 cm³/mol. The molecular weight excluding hydrogens is 265 g/mol. The molecule has 110 valence electrons. The van der Waals surface area contributed by atoms with Gasteiger partial charge in [-0.15, -0.1) is 0 Å². The zero-order valence-corrected chi connectivity index (χ0v) is 12.0. The fraction of sp³-hybridized carbons (Fsp3) is 0.333. The monoisotopic (exact) mass is 285 g/mol. The van der Waals surface area contributed by atoms with Gasteiger partial charge < -0.3 is 10.1 Å². The van der Waals surface area contributed by atoms with E-state index in [4.69, 9.17) is 4.74 Å². The lowest BCUT2D eigenvalue weighted by molar-refractivity contribution is 0.289. The van der Waals surface area contributed by atoms with E-state index in [1.807, 2.05) is 18.2 Å². The molecule has 0 heterocycles. The minimum atomic E-state index is -0.314. The highest BCUT2D eigenvalue weighted by atomic mass is 19.1. The molecule has 3 rings (SSSR count). The summed E-state index contributed by atoms with van der Waals surface area (Å²) >= 11 is 0. The second-order valence-electron chi connectivity index (χ2n) is 5.47. The molecule has 1 aliphatic rings. The largest absolute Gasteiger partial charge is 0.486 e. The minimum Gasteiger partial charge on any atom is -0.486 e. The lowest BCUT2D eigenvalue weighted by atomic mass is 10.1. The highest BCUT2D eigenvalue weighted by molar-refractivity contribution is 5.29. The molecule has 2 aromatic rings. The smallest absolute Gasteiger partial charge is 0.165 e. The van der Waals surface area contributed by atoms with E-state index >= 15 is 0 Å². The van der Waals surface area contributed by atoms with E-state index in [-0.39, 0.29) is 5.82 Å². The second kappa shape index (κ2) is 6.72. The average molecular weight is 285 g/mol. The molecule has 0 saturated heterocycles. The van der Waals surface area contributed by atoms with E-state index in [2.05, 4.69) is 11.4 Å². The molecule has 3 heteroatoms. The van der Waals surface area contributed by atoms with Gasteiger partial charge >= 0.3 is 0 Å². The number of halogens is 1. The Labute approximate surface area is 125 Å². The topological polar surface area (TPSA) is 21.3 Å². The first kappa shape index (κ1) is 14.1. The molecule has 0 bridgehead atoms. The molecule has 0 spiro atoms. The van der Waals surface area contributed by atoms with Crippen molar-refractivity contribution in [3.8, 4) is 5.75 Å². The third-order valence-corrected chi connectivity index (χ3v) is 3.74. The zero-order valence-electron chi connectivity index (χ0n) is 12.0. The quantitative estimate of drug-likeness (QED) is 0.837. The van der Waals surface area contributed by atoms with Crippen LogP contribution in [-0.4, -0.2) is 12.6 Å². The van der Waals surface area contributed by atoms with Crippen LogP contribution in [0, 0.1) is 5.82 Å². The Hall–Kier alpha value is -1.87. The molecule has 2 aromatic carbocycles. The summed E-state index contributed by atoms with van der Waals surface area (Å²) in [4.78, 5) is 0. The van der Waals surface area contributed by atoms with Crippen LogP contribution in [0.3, 0.4) is 0 Å². The summed E-state index contributed by atoms with van der Waals surface area (Å²) < 4.78 is 19.2. The van der Waals surface area contributed by atoms with Crippen molar-refractivity contribution in [1.29, 1.82) is 0 Å². The molecule has 0 aliphatic heterocycles. The maximum atomic E-state index is 13.6. The number of para-hydroxylation sites is 1. The highest BCUT2D eigenvalue weighted by Crippen LogP contribution is 2.20. The third-order valence-electron chi connectivity index (χ3n) is 3.74. The Bertz CT molecular complexity index is 595. The van der Waals surface area contributed by atoms with Crippen LogP contribution in [0.25, 0.3) is 0 Å². The molecule has 0 aromatic heterocycles. The van der Waals surface area contributed by atoms with Crippen LogP contribution in [0.4, 0.5) is 4.39 Å². The molecule has 1 aliphatic carbocycles. The fourth-order valence-electron chi connectivity index (χ4n) is 2.36. The number of hydrogen-bond donors (Lipinski definition) is 1. The van der Waals surface area contributed by atoms with Crippen molar-refractivity contribution in [2.75, 3.05) is 6.54 Å². The zero-order chi connectivity index (χ0) is 14.5. The van der Waals surface area contributed by atoms with E-state index in [1.165, 1.54) is 24.5 Å². The first-order valence-corrected chi connectivity index (χ1v) is 7.50. The van der Waals surface area contributed by atoms with Crippen LogP contribution in [0.2, 0.25) is 0 Å². The van der Waals surface area contributed by atoms with Crippen molar-refractivity contribution in [1.82, 2.24) is 5.32 Å². The first-order chi connectivity index (χ1) is 10.3. The molecule has 1 saturated carbocycles.